The molecule has 0 spiro atoms. The smallest absolute Gasteiger partial charge is 0.314 e. The molecule has 2 atom stereocenters. The number of hydrogen-bond acceptors (Lipinski definition) is 4. The molecule has 1 aliphatic rings. The van der Waals surface area contributed by atoms with Gasteiger partial charge in [0.1, 0.15) is 0 Å². The number of thioether (sulfide) groups is 1. The normalized spacial score (nSPS) is 30.7. The molecule has 0 amide bonds. The van der Waals surface area contributed by atoms with Crippen molar-refractivity contribution in [3.05, 3.63) is 0 Å². The topological polar surface area (TPSA) is 46.5 Å². The Hall–Kier alpha value is -0.220. The van der Waals surface area contributed by atoms with Gasteiger partial charge in [-0.2, -0.15) is 11.8 Å². The fourth-order valence-electron chi connectivity index (χ4n) is 2.10. The predicted octanol–water partition coefficient (Wildman–Crippen LogP) is 1.83. The van der Waals surface area contributed by atoms with E-state index in [2.05, 4.69) is 0 Å². The molecular formula is C11H20O3S. The van der Waals surface area contributed by atoms with Gasteiger partial charge in [0.15, 0.2) is 0 Å². The quantitative estimate of drug-likeness (QED) is 0.754. The molecule has 0 aromatic carbocycles. The fourth-order valence-corrected chi connectivity index (χ4v) is 3.40. The monoisotopic (exact) mass is 232 g/mol. The third-order valence-electron chi connectivity index (χ3n) is 3.59. The van der Waals surface area contributed by atoms with Gasteiger partial charge >= 0.3 is 5.97 Å². The zero-order valence-corrected chi connectivity index (χ0v) is 10.5. The lowest BCUT2D eigenvalue weighted by Crippen LogP contribution is -2.54. The molecule has 0 radical (unpaired) electrons. The minimum absolute atomic E-state index is 0.296. The van der Waals surface area contributed by atoms with Crippen LogP contribution in [0, 0.1) is 5.41 Å². The first-order chi connectivity index (χ1) is 7.00. The molecule has 3 nitrogen and oxygen atoms in total. The SMILES string of the molecule is CCC(C)(C(=O)OC)C1(O)CCCSC1. The molecule has 1 fully saturated rings. The second kappa shape index (κ2) is 4.74. The van der Waals surface area contributed by atoms with Crippen molar-refractivity contribution in [2.24, 2.45) is 5.41 Å². The van der Waals surface area contributed by atoms with E-state index in [4.69, 9.17) is 4.74 Å². The highest BCUT2D eigenvalue weighted by molar-refractivity contribution is 7.99. The van der Waals surface area contributed by atoms with Gasteiger partial charge in [-0.15, -0.1) is 0 Å². The molecule has 0 bridgehead atoms. The molecule has 0 aromatic rings. The third kappa shape index (κ3) is 2.16. The molecular weight excluding hydrogens is 212 g/mol. The highest BCUT2D eigenvalue weighted by Gasteiger charge is 2.52. The van der Waals surface area contributed by atoms with Crippen LogP contribution < -0.4 is 0 Å². The van der Waals surface area contributed by atoms with Gasteiger partial charge < -0.3 is 9.84 Å². The number of hydrogen-bond donors (Lipinski definition) is 1. The largest absolute Gasteiger partial charge is 0.469 e. The number of aliphatic hydroxyl groups is 1. The van der Waals surface area contributed by atoms with E-state index in [1.165, 1.54) is 7.11 Å². The summed E-state index contributed by atoms with van der Waals surface area (Å²) in [6.07, 6.45) is 2.27. The number of carbonyl (C=O) groups is 1. The summed E-state index contributed by atoms with van der Waals surface area (Å²) in [6, 6.07) is 0. The van der Waals surface area contributed by atoms with E-state index >= 15 is 0 Å². The Labute approximate surface area is 95.6 Å². The Morgan fingerprint density at radius 2 is 2.33 bits per heavy atom. The number of methoxy groups -OCH3 is 1. The Kier molecular flexibility index (Phi) is 4.06. The summed E-state index contributed by atoms with van der Waals surface area (Å²) < 4.78 is 4.82. The van der Waals surface area contributed by atoms with Crippen LogP contribution in [0.4, 0.5) is 0 Å². The first-order valence-electron chi connectivity index (χ1n) is 5.39. The lowest BCUT2D eigenvalue weighted by atomic mass is 9.70. The second-order valence-corrected chi connectivity index (χ2v) is 5.47. The van der Waals surface area contributed by atoms with E-state index in [-0.39, 0.29) is 5.97 Å². The molecule has 1 aliphatic heterocycles. The third-order valence-corrected chi connectivity index (χ3v) is 4.85. The molecule has 88 valence electrons. The minimum atomic E-state index is -0.905. The fraction of sp³-hybridized carbons (Fsp3) is 0.909. The predicted molar refractivity (Wildman–Crippen MR) is 61.9 cm³/mol. The number of esters is 1. The van der Waals surface area contributed by atoms with E-state index in [1.54, 1.807) is 11.8 Å². The average Bonchev–Trinajstić information content (AvgIpc) is 2.27. The molecule has 15 heavy (non-hydrogen) atoms. The standard InChI is InChI=1S/C11H20O3S/c1-4-10(2,9(12)14-3)11(13)6-5-7-15-8-11/h13H,4-8H2,1-3H3. The molecule has 2 unspecified atom stereocenters. The zero-order valence-electron chi connectivity index (χ0n) is 9.71. The number of rotatable bonds is 3. The Balaban J connectivity index is 2.92. The Morgan fingerprint density at radius 3 is 2.73 bits per heavy atom. The van der Waals surface area contributed by atoms with Crippen LogP contribution in [0.1, 0.15) is 33.1 Å². The van der Waals surface area contributed by atoms with E-state index in [1.807, 2.05) is 13.8 Å². The maximum atomic E-state index is 11.8. The van der Waals surface area contributed by atoms with Crippen LogP contribution in [-0.2, 0) is 9.53 Å². The molecule has 4 heteroatoms. The van der Waals surface area contributed by atoms with Crippen LogP contribution in [0.3, 0.4) is 0 Å². The molecule has 1 heterocycles. The summed E-state index contributed by atoms with van der Waals surface area (Å²) in [6.45, 7) is 3.73. The van der Waals surface area contributed by atoms with Gasteiger partial charge in [-0.05, 0) is 31.9 Å². The van der Waals surface area contributed by atoms with Gasteiger partial charge in [0.2, 0.25) is 0 Å². The van der Waals surface area contributed by atoms with Crippen molar-refractivity contribution in [1.29, 1.82) is 0 Å². The van der Waals surface area contributed by atoms with E-state index in [0.717, 1.165) is 12.2 Å². The summed E-state index contributed by atoms with van der Waals surface area (Å²) in [5.41, 5.74) is -1.67. The van der Waals surface area contributed by atoms with Crippen LogP contribution in [0.15, 0.2) is 0 Å². The maximum absolute atomic E-state index is 11.8. The van der Waals surface area contributed by atoms with Crippen LogP contribution in [0.2, 0.25) is 0 Å². The van der Waals surface area contributed by atoms with Crippen LogP contribution in [0.25, 0.3) is 0 Å². The highest BCUT2D eigenvalue weighted by Crippen LogP contribution is 2.43. The van der Waals surface area contributed by atoms with Crippen molar-refractivity contribution in [3.8, 4) is 0 Å². The number of ether oxygens (including phenoxy) is 1. The summed E-state index contributed by atoms with van der Waals surface area (Å²) >= 11 is 1.71. The van der Waals surface area contributed by atoms with E-state index in [9.17, 15) is 9.90 Å². The van der Waals surface area contributed by atoms with Gasteiger partial charge in [0.25, 0.3) is 0 Å². The summed E-state index contributed by atoms with van der Waals surface area (Å²) in [7, 11) is 1.38. The van der Waals surface area contributed by atoms with Gasteiger partial charge in [-0.25, -0.2) is 0 Å². The Morgan fingerprint density at radius 1 is 1.67 bits per heavy atom. The average molecular weight is 232 g/mol. The number of carbonyl (C=O) groups excluding carboxylic acids is 1. The van der Waals surface area contributed by atoms with Gasteiger partial charge in [-0.1, -0.05) is 6.92 Å². The molecule has 1 saturated heterocycles. The lowest BCUT2D eigenvalue weighted by molar-refractivity contribution is -0.169. The van der Waals surface area contributed by atoms with Crippen molar-refractivity contribution in [3.63, 3.8) is 0 Å². The minimum Gasteiger partial charge on any atom is -0.469 e. The molecule has 1 N–H and O–H groups in total. The Bertz CT molecular complexity index is 236. The first-order valence-corrected chi connectivity index (χ1v) is 6.54. The molecule has 0 aliphatic carbocycles. The van der Waals surface area contributed by atoms with Crippen molar-refractivity contribution >= 4 is 17.7 Å². The van der Waals surface area contributed by atoms with Gasteiger partial charge in [0.05, 0.1) is 18.1 Å². The molecule has 1 rings (SSSR count). The second-order valence-electron chi connectivity index (χ2n) is 4.36. The van der Waals surface area contributed by atoms with Crippen LogP contribution in [0.5, 0.6) is 0 Å². The van der Waals surface area contributed by atoms with Crippen molar-refractivity contribution in [1.82, 2.24) is 0 Å². The zero-order chi connectivity index (χ0) is 11.5. The highest BCUT2D eigenvalue weighted by atomic mass is 32.2. The van der Waals surface area contributed by atoms with Gasteiger partial charge in [0, 0.05) is 5.75 Å². The van der Waals surface area contributed by atoms with Crippen molar-refractivity contribution < 1.29 is 14.6 Å². The van der Waals surface area contributed by atoms with E-state index in [0.29, 0.717) is 18.6 Å². The summed E-state index contributed by atoms with van der Waals surface area (Å²) in [4.78, 5) is 11.8. The summed E-state index contributed by atoms with van der Waals surface area (Å²) in [5.74, 6) is 1.41. The van der Waals surface area contributed by atoms with E-state index < -0.39 is 11.0 Å². The first kappa shape index (κ1) is 12.8. The summed E-state index contributed by atoms with van der Waals surface area (Å²) in [5, 5.41) is 10.6. The molecule has 0 aromatic heterocycles. The lowest BCUT2D eigenvalue weighted by Gasteiger charge is -2.44. The van der Waals surface area contributed by atoms with Crippen LogP contribution in [-0.4, -0.2) is 35.3 Å². The van der Waals surface area contributed by atoms with Crippen molar-refractivity contribution in [2.45, 2.75) is 38.7 Å². The maximum Gasteiger partial charge on any atom is 0.314 e. The van der Waals surface area contributed by atoms with Crippen molar-refractivity contribution in [2.75, 3.05) is 18.6 Å². The molecule has 0 saturated carbocycles. The van der Waals surface area contributed by atoms with Gasteiger partial charge in [-0.3, -0.25) is 4.79 Å². The van der Waals surface area contributed by atoms with Crippen LogP contribution >= 0.6 is 11.8 Å².